The molecule has 1 amide bonds. The summed E-state index contributed by atoms with van der Waals surface area (Å²) in [6.45, 7) is 1.82. The molecule has 10 heteroatoms. The number of carbonyl (C=O) groups excluding carboxylic acids is 1. The monoisotopic (exact) mass is 364 g/mol. The van der Waals surface area contributed by atoms with E-state index in [-0.39, 0.29) is 23.9 Å². The SMILES string of the molecule is CCc1ccccc1NC(=O)CNc1ccc2nnc(C(F)(F)F)n2n1. The molecule has 2 N–H and O–H groups in total. The summed E-state index contributed by atoms with van der Waals surface area (Å²) in [6.07, 6.45) is -3.91. The maximum Gasteiger partial charge on any atom is 0.453 e. The van der Waals surface area contributed by atoms with Crippen LogP contribution in [0.3, 0.4) is 0 Å². The second kappa shape index (κ2) is 6.98. The van der Waals surface area contributed by atoms with Gasteiger partial charge in [-0.2, -0.15) is 17.7 Å². The minimum Gasteiger partial charge on any atom is -0.360 e. The summed E-state index contributed by atoms with van der Waals surface area (Å²) in [5.41, 5.74) is 1.65. The quantitative estimate of drug-likeness (QED) is 0.727. The maximum absolute atomic E-state index is 12.9. The Hall–Kier alpha value is -3.17. The van der Waals surface area contributed by atoms with Crippen LogP contribution < -0.4 is 10.6 Å². The Morgan fingerprint density at radius 3 is 2.65 bits per heavy atom. The number of rotatable bonds is 5. The third-order valence-corrected chi connectivity index (χ3v) is 3.62. The Kier molecular flexibility index (Phi) is 4.74. The molecule has 0 saturated heterocycles. The molecule has 3 aromatic rings. The van der Waals surface area contributed by atoms with Gasteiger partial charge in [0.25, 0.3) is 5.82 Å². The lowest BCUT2D eigenvalue weighted by molar-refractivity contribution is -0.146. The number of nitrogens with one attached hydrogen (secondary N) is 2. The van der Waals surface area contributed by atoms with Crippen molar-refractivity contribution >= 4 is 23.1 Å². The molecule has 1 aromatic carbocycles. The van der Waals surface area contributed by atoms with Crippen LogP contribution in [0.2, 0.25) is 0 Å². The Morgan fingerprint density at radius 1 is 1.15 bits per heavy atom. The number of alkyl halides is 3. The van der Waals surface area contributed by atoms with Crippen molar-refractivity contribution in [1.29, 1.82) is 0 Å². The highest BCUT2D eigenvalue weighted by Gasteiger charge is 2.37. The number of benzene rings is 1. The van der Waals surface area contributed by atoms with Crippen LogP contribution in [0.5, 0.6) is 0 Å². The van der Waals surface area contributed by atoms with Crippen LogP contribution in [0.1, 0.15) is 18.3 Å². The molecule has 2 heterocycles. The summed E-state index contributed by atoms with van der Waals surface area (Å²) >= 11 is 0. The number of aromatic nitrogens is 4. The van der Waals surface area contributed by atoms with Crippen LogP contribution in [0, 0.1) is 0 Å². The lowest BCUT2D eigenvalue weighted by Crippen LogP contribution is -2.23. The molecule has 0 aliphatic heterocycles. The molecule has 136 valence electrons. The average molecular weight is 364 g/mol. The summed E-state index contributed by atoms with van der Waals surface area (Å²) in [4.78, 5) is 12.1. The maximum atomic E-state index is 12.9. The Balaban J connectivity index is 1.70. The van der Waals surface area contributed by atoms with Gasteiger partial charge in [-0.05, 0) is 30.2 Å². The molecule has 3 rings (SSSR count). The highest BCUT2D eigenvalue weighted by molar-refractivity contribution is 5.94. The van der Waals surface area contributed by atoms with Crippen molar-refractivity contribution in [2.45, 2.75) is 19.5 Å². The van der Waals surface area contributed by atoms with Crippen molar-refractivity contribution in [2.75, 3.05) is 17.2 Å². The topological polar surface area (TPSA) is 84.2 Å². The van der Waals surface area contributed by atoms with E-state index in [4.69, 9.17) is 0 Å². The van der Waals surface area contributed by atoms with Gasteiger partial charge in [0.15, 0.2) is 5.65 Å². The van der Waals surface area contributed by atoms with Gasteiger partial charge >= 0.3 is 6.18 Å². The number of nitrogens with zero attached hydrogens (tertiary/aromatic N) is 4. The van der Waals surface area contributed by atoms with Crippen LogP contribution in [0.25, 0.3) is 5.65 Å². The third kappa shape index (κ3) is 3.73. The number of para-hydroxylation sites is 1. The minimum atomic E-state index is -4.67. The van der Waals surface area contributed by atoms with Crippen molar-refractivity contribution in [2.24, 2.45) is 0 Å². The number of hydrogen-bond acceptors (Lipinski definition) is 5. The Bertz CT molecular complexity index is 937. The van der Waals surface area contributed by atoms with Crippen molar-refractivity contribution < 1.29 is 18.0 Å². The van der Waals surface area contributed by atoms with Gasteiger partial charge in [0.2, 0.25) is 5.91 Å². The summed E-state index contributed by atoms with van der Waals surface area (Å²) in [5, 5.41) is 15.8. The van der Waals surface area contributed by atoms with E-state index >= 15 is 0 Å². The molecule has 0 aliphatic rings. The normalized spacial score (nSPS) is 11.5. The minimum absolute atomic E-state index is 0.0378. The number of aryl methyl sites for hydroxylation is 1. The zero-order valence-corrected chi connectivity index (χ0v) is 13.7. The van der Waals surface area contributed by atoms with Crippen molar-refractivity contribution in [1.82, 2.24) is 19.8 Å². The molecule has 7 nitrogen and oxygen atoms in total. The zero-order valence-electron chi connectivity index (χ0n) is 13.7. The molecule has 0 fully saturated rings. The van der Waals surface area contributed by atoms with Crippen molar-refractivity contribution in [3.05, 3.63) is 47.8 Å². The summed E-state index contributed by atoms with van der Waals surface area (Å²) in [5.74, 6) is -1.47. The van der Waals surface area contributed by atoms with Gasteiger partial charge in [0.1, 0.15) is 5.82 Å². The molecule has 0 atom stereocenters. The zero-order chi connectivity index (χ0) is 18.7. The molecule has 2 aromatic heterocycles. The second-order valence-corrected chi connectivity index (χ2v) is 5.42. The van der Waals surface area contributed by atoms with E-state index in [1.807, 2.05) is 25.1 Å². The van der Waals surface area contributed by atoms with Gasteiger partial charge in [-0.3, -0.25) is 4.79 Å². The predicted molar refractivity (Wildman–Crippen MR) is 88.7 cm³/mol. The molecule has 0 aliphatic carbocycles. The first kappa shape index (κ1) is 17.6. The standard InChI is InChI=1S/C16H15F3N6O/c1-2-10-5-3-4-6-11(10)21-14(26)9-20-12-7-8-13-22-23-15(16(17,18)19)25(13)24-12/h3-8H,2,9H2,1H3,(H,20,24)(H,21,26). The van der Waals surface area contributed by atoms with E-state index in [0.717, 1.165) is 12.0 Å². The lowest BCUT2D eigenvalue weighted by Gasteiger charge is -2.11. The van der Waals surface area contributed by atoms with Gasteiger partial charge < -0.3 is 10.6 Å². The van der Waals surface area contributed by atoms with Crippen LogP contribution >= 0.6 is 0 Å². The molecule has 0 spiro atoms. The second-order valence-electron chi connectivity index (χ2n) is 5.42. The molecular formula is C16H15F3N6O. The van der Waals surface area contributed by atoms with Crippen molar-refractivity contribution in [3.8, 4) is 0 Å². The summed E-state index contributed by atoms with van der Waals surface area (Å²) in [7, 11) is 0. The number of amides is 1. The third-order valence-electron chi connectivity index (χ3n) is 3.62. The highest BCUT2D eigenvalue weighted by atomic mass is 19.4. The Morgan fingerprint density at radius 2 is 1.92 bits per heavy atom. The smallest absolute Gasteiger partial charge is 0.360 e. The average Bonchev–Trinajstić information content (AvgIpc) is 3.04. The number of hydrogen-bond donors (Lipinski definition) is 2. The number of carbonyl (C=O) groups is 1. The number of anilines is 2. The first-order chi connectivity index (χ1) is 12.4. The van der Waals surface area contributed by atoms with Gasteiger partial charge in [-0.1, -0.05) is 25.1 Å². The van der Waals surface area contributed by atoms with Crippen LogP contribution in [-0.4, -0.2) is 32.3 Å². The van der Waals surface area contributed by atoms with E-state index < -0.39 is 12.0 Å². The fraction of sp³-hybridized carbons (Fsp3) is 0.250. The van der Waals surface area contributed by atoms with Gasteiger partial charge in [-0.25, -0.2) is 0 Å². The van der Waals surface area contributed by atoms with Crippen LogP contribution in [0.4, 0.5) is 24.7 Å². The first-order valence-corrected chi connectivity index (χ1v) is 7.79. The fourth-order valence-corrected chi connectivity index (χ4v) is 2.38. The summed E-state index contributed by atoms with van der Waals surface area (Å²) in [6, 6.07) is 10.1. The van der Waals surface area contributed by atoms with Gasteiger partial charge in [0, 0.05) is 5.69 Å². The number of fused-ring (bicyclic) bond motifs is 1. The van der Waals surface area contributed by atoms with E-state index in [0.29, 0.717) is 10.2 Å². The van der Waals surface area contributed by atoms with Gasteiger partial charge in [0.05, 0.1) is 6.54 Å². The lowest BCUT2D eigenvalue weighted by atomic mass is 10.1. The summed E-state index contributed by atoms with van der Waals surface area (Å²) < 4.78 is 39.2. The van der Waals surface area contributed by atoms with E-state index in [9.17, 15) is 18.0 Å². The molecular weight excluding hydrogens is 349 g/mol. The van der Waals surface area contributed by atoms with Crippen LogP contribution in [0.15, 0.2) is 36.4 Å². The predicted octanol–water partition coefficient (Wildman–Crippen LogP) is 2.76. The van der Waals surface area contributed by atoms with E-state index in [1.165, 1.54) is 12.1 Å². The number of halogens is 3. The van der Waals surface area contributed by atoms with E-state index in [2.05, 4.69) is 25.9 Å². The van der Waals surface area contributed by atoms with Crippen LogP contribution in [-0.2, 0) is 17.4 Å². The highest BCUT2D eigenvalue weighted by Crippen LogP contribution is 2.27. The van der Waals surface area contributed by atoms with Crippen molar-refractivity contribution in [3.63, 3.8) is 0 Å². The molecule has 0 bridgehead atoms. The Labute approximate surface area is 146 Å². The molecule has 0 saturated carbocycles. The molecule has 0 unspecified atom stereocenters. The largest absolute Gasteiger partial charge is 0.453 e. The molecule has 0 radical (unpaired) electrons. The van der Waals surface area contributed by atoms with Gasteiger partial charge in [-0.15, -0.1) is 15.3 Å². The van der Waals surface area contributed by atoms with E-state index in [1.54, 1.807) is 6.07 Å². The fourth-order valence-electron chi connectivity index (χ4n) is 2.38. The first-order valence-electron chi connectivity index (χ1n) is 7.79. The molecule has 26 heavy (non-hydrogen) atoms.